The minimum Gasteiger partial charge on any atom is -0.391 e. The molecule has 3 aliphatic heterocycles. The van der Waals surface area contributed by atoms with Gasteiger partial charge in [-0.1, -0.05) is 157 Å². The zero-order valence-corrected chi connectivity index (χ0v) is 76.0. The van der Waals surface area contributed by atoms with Gasteiger partial charge in [-0.05, 0) is 143 Å². The van der Waals surface area contributed by atoms with E-state index >= 15 is 38.4 Å². The quantitative estimate of drug-likeness (QED) is 0.0592. The lowest BCUT2D eigenvalue weighted by Gasteiger charge is -2.39. The molecular formula is C88H140ClN15O16. The van der Waals surface area contributed by atoms with Gasteiger partial charge in [0.25, 0.3) is 0 Å². The minimum absolute atomic E-state index is 0.0000402. The van der Waals surface area contributed by atoms with Crippen LogP contribution in [0, 0.1) is 41.4 Å². The van der Waals surface area contributed by atoms with Crippen LogP contribution in [-0.2, 0) is 84.8 Å². The molecule has 0 aliphatic carbocycles. The van der Waals surface area contributed by atoms with Crippen molar-refractivity contribution in [3.63, 3.8) is 0 Å². The number of hydrogen-bond acceptors (Lipinski definition) is 16. The van der Waals surface area contributed by atoms with E-state index in [0.29, 0.717) is 42.1 Å². The van der Waals surface area contributed by atoms with Crippen molar-refractivity contribution in [3.8, 4) is 0 Å². The fourth-order valence-electron chi connectivity index (χ4n) is 15.7. The van der Waals surface area contributed by atoms with Crippen LogP contribution in [0.1, 0.15) is 199 Å². The number of carbonyl (C=O) groups excluding carboxylic acids is 15. The third kappa shape index (κ3) is 27.9. The summed E-state index contributed by atoms with van der Waals surface area (Å²) < 4.78 is 0. The number of nitrogens with zero attached hydrogens (tertiary/aromatic N) is 8. The van der Waals surface area contributed by atoms with Crippen LogP contribution >= 0.6 is 11.6 Å². The summed E-state index contributed by atoms with van der Waals surface area (Å²) in [6, 6.07) is -4.34. The molecule has 3 saturated heterocycles. The van der Waals surface area contributed by atoms with Crippen molar-refractivity contribution in [2.24, 2.45) is 41.4 Å². The third-order valence-electron chi connectivity index (χ3n) is 23.4. The highest BCUT2D eigenvalue weighted by Gasteiger charge is 2.47. The molecule has 3 fully saturated rings. The molecule has 31 nitrogen and oxygen atoms in total. The molecule has 0 saturated carbocycles. The standard InChI is InChI=1S/C88H140ClN15O16/c1-24-55(14)73(87(119)103-38-29-26-30-39-103)95-77(109)65(41-49(2)3)98(19)83(115)64-37-32-40-104(64)88(120)72(54(12)13)93-75(107)57(16)97(18)82(114)63-48-70(106)90-56(15)81(113)101(22)68(43-51(6)7)84(116)100(21)67(47-60-35-31-36-61(89)45-60)79(111)94-71(53(10)11)86(118)102(23)69(44-52(8)9)85(117)99(20)66(42-50(4)5)78(110)96-74(58(17)105)80(112)91-62(76(108)92-63)46-59-33-27-25-28-34-59/h25,27-28,31,33-36,45,49-58,62-69,71-74,105H,24,26,29-30,32,37-44,46-48H2,1-23H3,(H,90,106)(H,91,112)(H,92,108)(H,93,107)(H,94,111)(H,95,109)(H,96,110)/t55-,56-,57-,58+,62-,63-,64-,65-,66-,67-,68-,69-,71-,72-,73-,74-/m0/s1. The van der Waals surface area contributed by atoms with Gasteiger partial charge in [-0.25, -0.2) is 0 Å². The lowest BCUT2D eigenvalue weighted by molar-refractivity contribution is -0.151. The van der Waals surface area contributed by atoms with Gasteiger partial charge in [-0.2, -0.15) is 0 Å². The van der Waals surface area contributed by atoms with Crippen molar-refractivity contribution >= 4 is 100 Å². The van der Waals surface area contributed by atoms with Crippen LogP contribution in [0.15, 0.2) is 54.6 Å². The van der Waals surface area contributed by atoms with Gasteiger partial charge < -0.3 is 81.5 Å². The number of carbonyl (C=O) groups is 15. The molecule has 3 aliphatic rings. The molecular weight excluding hydrogens is 1560 g/mol. The van der Waals surface area contributed by atoms with E-state index in [0.717, 1.165) is 29.1 Å². The highest BCUT2D eigenvalue weighted by Crippen LogP contribution is 2.28. The number of likely N-dealkylation sites (N-methyl/N-ethyl adjacent to an activating group) is 6. The number of rotatable bonds is 27. The van der Waals surface area contributed by atoms with E-state index in [4.69, 9.17) is 11.6 Å². The van der Waals surface area contributed by atoms with Crippen molar-refractivity contribution < 1.29 is 77.0 Å². The van der Waals surface area contributed by atoms with Crippen LogP contribution < -0.4 is 37.2 Å². The number of halogens is 1. The Balaban J connectivity index is 1.61. The number of likely N-dealkylation sites (tertiary alicyclic amines) is 2. The summed E-state index contributed by atoms with van der Waals surface area (Å²) in [5, 5.41) is 31.1. The summed E-state index contributed by atoms with van der Waals surface area (Å²) in [6.45, 7) is 30.6. The second-order valence-electron chi connectivity index (χ2n) is 35.7. The van der Waals surface area contributed by atoms with Crippen LogP contribution in [0.5, 0.6) is 0 Å². The fraction of sp³-hybridized carbons (Fsp3) is 0.693. The molecule has 0 bridgehead atoms. The normalized spacial score (nSPS) is 24.0. The van der Waals surface area contributed by atoms with Gasteiger partial charge in [-0.3, -0.25) is 71.9 Å². The maximum absolute atomic E-state index is 15.5. The monoisotopic (exact) mass is 1700 g/mol. The fourth-order valence-corrected chi connectivity index (χ4v) is 15.9. The highest BCUT2D eigenvalue weighted by atomic mass is 35.5. The van der Waals surface area contributed by atoms with E-state index in [1.165, 1.54) is 87.6 Å². The van der Waals surface area contributed by atoms with Gasteiger partial charge in [-0.15, -0.1) is 0 Å². The van der Waals surface area contributed by atoms with E-state index in [1.54, 1.807) is 101 Å². The summed E-state index contributed by atoms with van der Waals surface area (Å²) in [5.74, 6) is -13.9. The maximum atomic E-state index is 15.5. The van der Waals surface area contributed by atoms with Crippen LogP contribution in [-0.4, -0.2) is 286 Å². The zero-order chi connectivity index (χ0) is 90.3. The topological polar surface area (TPSA) is 386 Å². The number of piperidine rings is 1. The summed E-state index contributed by atoms with van der Waals surface area (Å²) in [4.78, 5) is 236. The minimum atomic E-state index is -1.94. The molecule has 0 aromatic heterocycles. The average molecular weight is 1700 g/mol. The van der Waals surface area contributed by atoms with Crippen LogP contribution in [0.25, 0.3) is 0 Å². The Bertz CT molecular complexity index is 3870. The molecule has 670 valence electrons. The van der Waals surface area contributed by atoms with E-state index in [9.17, 15) is 38.7 Å². The molecule has 8 N–H and O–H groups in total. The van der Waals surface area contributed by atoms with Crippen LogP contribution in [0.2, 0.25) is 5.02 Å². The summed E-state index contributed by atoms with van der Waals surface area (Å²) >= 11 is 6.51. The molecule has 120 heavy (non-hydrogen) atoms. The van der Waals surface area contributed by atoms with Gasteiger partial charge in [0.1, 0.15) is 84.6 Å². The van der Waals surface area contributed by atoms with Crippen molar-refractivity contribution in [2.75, 3.05) is 61.9 Å². The largest absolute Gasteiger partial charge is 0.391 e. The summed E-state index contributed by atoms with van der Waals surface area (Å²) in [5.41, 5.74) is 0.992. The van der Waals surface area contributed by atoms with Gasteiger partial charge in [0.2, 0.25) is 88.6 Å². The summed E-state index contributed by atoms with van der Waals surface area (Å²) in [7, 11) is 8.28. The smallest absolute Gasteiger partial charge is 0.246 e. The second kappa shape index (κ2) is 46.7. The Labute approximate surface area is 716 Å². The van der Waals surface area contributed by atoms with Crippen molar-refractivity contribution in [1.82, 2.24) is 76.4 Å². The Hall–Kier alpha value is -9.26. The van der Waals surface area contributed by atoms with Gasteiger partial charge in [0.15, 0.2) is 0 Å². The zero-order valence-electron chi connectivity index (χ0n) is 75.2. The molecule has 2 aromatic rings. The molecule has 0 unspecified atom stereocenters. The van der Waals surface area contributed by atoms with Gasteiger partial charge >= 0.3 is 0 Å². The van der Waals surface area contributed by atoms with E-state index < -0.39 is 192 Å². The first-order chi connectivity index (χ1) is 56.1. The molecule has 15 amide bonds. The first-order valence-electron chi connectivity index (χ1n) is 42.9. The van der Waals surface area contributed by atoms with Crippen molar-refractivity contribution in [3.05, 3.63) is 70.7 Å². The van der Waals surface area contributed by atoms with Gasteiger partial charge in [0.05, 0.1) is 12.5 Å². The molecule has 2 aromatic carbocycles. The number of benzene rings is 2. The molecule has 0 spiro atoms. The Morgan fingerprint density at radius 3 is 1.58 bits per heavy atom. The first kappa shape index (κ1) is 101. The number of nitrogens with one attached hydrogen (secondary N) is 7. The average Bonchev–Trinajstić information content (AvgIpc) is 1.48. The van der Waals surface area contributed by atoms with E-state index in [2.05, 4.69) is 37.2 Å². The van der Waals surface area contributed by atoms with Gasteiger partial charge in [0, 0.05) is 79.8 Å². The predicted molar refractivity (Wildman–Crippen MR) is 458 cm³/mol. The van der Waals surface area contributed by atoms with Crippen molar-refractivity contribution in [2.45, 2.75) is 292 Å². The lowest BCUT2D eigenvalue weighted by Crippen LogP contribution is -2.63. The molecule has 16 atom stereocenters. The highest BCUT2D eigenvalue weighted by molar-refractivity contribution is 6.30. The number of aliphatic hydroxyl groups excluding tert-OH is 1. The Morgan fingerprint density at radius 1 is 0.525 bits per heavy atom. The van der Waals surface area contributed by atoms with Crippen LogP contribution in [0.4, 0.5) is 0 Å². The Kier molecular flexibility index (Phi) is 39.4. The molecule has 5 rings (SSSR count). The molecule has 0 radical (unpaired) electrons. The van der Waals surface area contributed by atoms with Crippen LogP contribution in [0.3, 0.4) is 0 Å². The maximum Gasteiger partial charge on any atom is 0.246 e. The third-order valence-corrected chi connectivity index (χ3v) is 23.7. The first-order valence-corrected chi connectivity index (χ1v) is 43.3. The molecule has 32 heteroatoms. The van der Waals surface area contributed by atoms with E-state index in [1.807, 2.05) is 55.4 Å². The lowest BCUT2D eigenvalue weighted by atomic mass is 9.95. The second-order valence-corrected chi connectivity index (χ2v) is 36.2. The van der Waals surface area contributed by atoms with E-state index in [-0.39, 0.29) is 87.0 Å². The SMILES string of the molecule is CC[C@H](C)[C@H](NC(=O)[C@H](CC(C)C)N(C)C(=O)[C@@H]1CCCN1C(=O)[C@@H](NC(=O)[C@H](C)N(C)C(=O)[C@@H]1CC(=O)N[C@@H](C)C(=O)N(C)[C@@H](CC(C)C)C(=O)N(C)[C@@H](Cc2cccc(Cl)c2)C(=O)N[C@@H](C(C)C)C(=O)N(C)[C@@H](CC(C)C)C(=O)N(C)[C@@H](CC(C)C)C(=O)N[C@@H]([C@@H](C)O)C(=O)N[C@@H](Cc2ccccc2)C(=O)N1)C(C)C)C(=O)N1CCCCC1. The number of amides is 15. The predicted octanol–water partition coefficient (Wildman–Crippen LogP) is 4.85. The molecule has 3 heterocycles. The Morgan fingerprint density at radius 2 is 1.05 bits per heavy atom. The summed E-state index contributed by atoms with van der Waals surface area (Å²) in [6.07, 6.45) is 1.20. The number of aliphatic hydroxyl groups is 1. The van der Waals surface area contributed by atoms with Crippen molar-refractivity contribution in [1.29, 1.82) is 0 Å². The number of hydrogen-bond donors (Lipinski definition) is 8.